The van der Waals surface area contributed by atoms with Gasteiger partial charge in [-0.05, 0) is 69.4 Å². The van der Waals surface area contributed by atoms with Crippen molar-refractivity contribution in [2.45, 2.75) is 62.4 Å². The highest BCUT2D eigenvalue weighted by Crippen LogP contribution is 2.64. The molecule has 0 saturated heterocycles. The molecule has 1 amide bonds. The second kappa shape index (κ2) is 6.15. The van der Waals surface area contributed by atoms with Gasteiger partial charge in [0.15, 0.2) is 6.10 Å². The molecule has 2 unspecified atom stereocenters. The van der Waals surface area contributed by atoms with Crippen molar-refractivity contribution in [2.24, 2.45) is 17.3 Å². The SMILES string of the molecule is C[C@H](OC(=O)C12C[C@@H]3C[C@@H](CC(Br)(C3)C1)C2)C(=O)NCc1ccco1. The van der Waals surface area contributed by atoms with Crippen LogP contribution in [-0.4, -0.2) is 22.3 Å². The summed E-state index contributed by atoms with van der Waals surface area (Å²) in [5, 5.41) is 2.75. The third kappa shape index (κ3) is 3.25. The Bertz CT molecular complexity index is 657. The first kappa shape index (κ1) is 17.1. The van der Waals surface area contributed by atoms with Crippen LogP contribution in [0.5, 0.6) is 0 Å². The quantitative estimate of drug-likeness (QED) is 0.596. The summed E-state index contributed by atoms with van der Waals surface area (Å²) in [4.78, 5) is 25.2. The van der Waals surface area contributed by atoms with Gasteiger partial charge in [-0.2, -0.15) is 0 Å². The molecule has 136 valence electrons. The zero-order chi connectivity index (χ0) is 17.7. The molecule has 1 aromatic rings. The molecule has 0 radical (unpaired) electrons. The number of carbonyl (C=O) groups excluding carboxylic acids is 2. The first-order valence-corrected chi connectivity index (χ1v) is 9.87. The van der Waals surface area contributed by atoms with Crippen LogP contribution in [0.1, 0.15) is 51.2 Å². The summed E-state index contributed by atoms with van der Waals surface area (Å²) >= 11 is 3.91. The third-order valence-corrected chi connectivity index (χ3v) is 7.02. The molecule has 0 spiro atoms. The summed E-state index contributed by atoms with van der Waals surface area (Å²) in [6.07, 6.45) is 7.01. The number of esters is 1. The minimum atomic E-state index is -0.790. The lowest BCUT2D eigenvalue weighted by molar-refractivity contribution is -0.176. The Kier molecular flexibility index (Phi) is 4.21. The predicted octanol–water partition coefficient (Wildman–Crippen LogP) is 3.56. The molecule has 4 bridgehead atoms. The standard InChI is InChI=1S/C19H24BrNO4/c1-12(16(22)21-10-15-3-2-4-24-15)25-17(23)18-6-13-5-14(7-18)9-19(20,8-13)11-18/h2-4,12-14H,5-11H2,1H3,(H,21,22)/t12-,13-,14+,18?,19?/m0/s1. The number of halogens is 1. The highest BCUT2D eigenvalue weighted by atomic mass is 79.9. The fourth-order valence-electron chi connectivity index (χ4n) is 5.46. The number of rotatable bonds is 5. The number of amides is 1. The summed E-state index contributed by atoms with van der Waals surface area (Å²) in [7, 11) is 0. The summed E-state index contributed by atoms with van der Waals surface area (Å²) in [5.41, 5.74) is -0.400. The van der Waals surface area contributed by atoms with Crippen molar-refractivity contribution >= 4 is 27.8 Å². The van der Waals surface area contributed by atoms with E-state index in [0.29, 0.717) is 24.1 Å². The van der Waals surface area contributed by atoms with Gasteiger partial charge in [0.1, 0.15) is 5.76 Å². The molecule has 6 heteroatoms. The van der Waals surface area contributed by atoms with E-state index in [2.05, 4.69) is 21.2 Å². The van der Waals surface area contributed by atoms with Crippen LogP contribution in [0.3, 0.4) is 0 Å². The van der Waals surface area contributed by atoms with Crippen molar-refractivity contribution < 1.29 is 18.7 Å². The molecular formula is C19H24BrNO4. The molecule has 25 heavy (non-hydrogen) atoms. The smallest absolute Gasteiger partial charge is 0.312 e. The normalized spacial score (nSPS) is 36.9. The minimum Gasteiger partial charge on any atom is -0.467 e. The second-order valence-corrected chi connectivity index (χ2v) is 9.92. The number of furan rings is 1. The predicted molar refractivity (Wildman–Crippen MR) is 94.9 cm³/mol. The van der Waals surface area contributed by atoms with Crippen LogP contribution in [0, 0.1) is 17.3 Å². The van der Waals surface area contributed by atoms with Crippen molar-refractivity contribution in [3.05, 3.63) is 24.2 Å². The molecule has 1 heterocycles. The Morgan fingerprint density at radius 3 is 2.68 bits per heavy atom. The monoisotopic (exact) mass is 409 g/mol. The Balaban J connectivity index is 1.37. The maximum Gasteiger partial charge on any atom is 0.312 e. The Morgan fingerprint density at radius 2 is 2.08 bits per heavy atom. The van der Waals surface area contributed by atoms with Gasteiger partial charge < -0.3 is 14.5 Å². The van der Waals surface area contributed by atoms with E-state index >= 15 is 0 Å². The summed E-state index contributed by atoms with van der Waals surface area (Å²) in [6.45, 7) is 1.94. The molecule has 4 aliphatic carbocycles. The second-order valence-electron chi connectivity index (χ2n) is 8.24. The van der Waals surface area contributed by atoms with Gasteiger partial charge in [0.2, 0.25) is 0 Å². The van der Waals surface area contributed by atoms with Gasteiger partial charge in [0.25, 0.3) is 5.91 Å². The van der Waals surface area contributed by atoms with Crippen molar-refractivity contribution in [3.8, 4) is 0 Å². The number of alkyl halides is 1. The average Bonchev–Trinajstić information content (AvgIpc) is 3.03. The number of nitrogens with one attached hydrogen (secondary N) is 1. The fraction of sp³-hybridized carbons (Fsp3) is 0.684. The lowest BCUT2D eigenvalue weighted by atomic mass is 9.49. The molecule has 1 aromatic heterocycles. The van der Waals surface area contributed by atoms with E-state index in [0.717, 1.165) is 32.1 Å². The van der Waals surface area contributed by atoms with E-state index in [9.17, 15) is 9.59 Å². The minimum absolute atomic E-state index is 0.0981. The Hall–Kier alpha value is -1.30. The maximum absolute atomic E-state index is 12.9. The first-order valence-electron chi connectivity index (χ1n) is 9.08. The molecule has 5 nitrogen and oxygen atoms in total. The van der Waals surface area contributed by atoms with Gasteiger partial charge in [-0.1, -0.05) is 15.9 Å². The summed E-state index contributed by atoms with van der Waals surface area (Å²) in [6, 6.07) is 3.57. The number of carbonyl (C=O) groups is 2. The fourth-order valence-corrected chi connectivity index (χ4v) is 6.91. The zero-order valence-electron chi connectivity index (χ0n) is 14.4. The molecule has 0 aliphatic heterocycles. The van der Waals surface area contributed by atoms with Crippen molar-refractivity contribution in [3.63, 3.8) is 0 Å². The lowest BCUT2D eigenvalue weighted by Crippen LogP contribution is -2.56. The van der Waals surface area contributed by atoms with Gasteiger partial charge in [-0.25, -0.2) is 0 Å². The average molecular weight is 410 g/mol. The largest absolute Gasteiger partial charge is 0.467 e. The van der Waals surface area contributed by atoms with E-state index < -0.39 is 11.5 Å². The van der Waals surface area contributed by atoms with Gasteiger partial charge in [0, 0.05) is 4.32 Å². The Morgan fingerprint density at radius 1 is 1.36 bits per heavy atom. The van der Waals surface area contributed by atoms with E-state index in [4.69, 9.17) is 9.15 Å². The maximum atomic E-state index is 12.9. The van der Waals surface area contributed by atoms with E-state index in [1.807, 2.05) is 0 Å². The molecule has 4 fully saturated rings. The molecule has 1 N–H and O–H groups in total. The van der Waals surface area contributed by atoms with Gasteiger partial charge in [-0.15, -0.1) is 0 Å². The number of hydrogen-bond acceptors (Lipinski definition) is 4. The van der Waals surface area contributed by atoms with Gasteiger partial charge in [-0.3, -0.25) is 9.59 Å². The number of hydrogen-bond donors (Lipinski definition) is 1. The topological polar surface area (TPSA) is 68.5 Å². The highest BCUT2D eigenvalue weighted by Gasteiger charge is 2.60. The molecule has 4 aliphatic rings. The molecule has 4 saturated carbocycles. The van der Waals surface area contributed by atoms with Crippen LogP contribution in [0.2, 0.25) is 0 Å². The first-order chi connectivity index (χ1) is 11.9. The molecular weight excluding hydrogens is 386 g/mol. The van der Waals surface area contributed by atoms with E-state index in [-0.39, 0.29) is 16.2 Å². The zero-order valence-corrected chi connectivity index (χ0v) is 16.0. The van der Waals surface area contributed by atoms with Crippen molar-refractivity contribution in [1.82, 2.24) is 5.32 Å². The van der Waals surface area contributed by atoms with Crippen LogP contribution < -0.4 is 5.32 Å². The molecule has 5 rings (SSSR count). The van der Waals surface area contributed by atoms with Crippen LogP contribution in [0.4, 0.5) is 0 Å². The van der Waals surface area contributed by atoms with Crippen LogP contribution in [-0.2, 0) is 20.9 Å². The summed E-state index contributed by atoms with van der Waals surface area (Å²) in [5.74, 6) is 1.41. The third-order valence-electron chi connectivity index (χ3n) is 6.09. The molecule has 0 aromatic carbocycles. The van der Waals surface area contributed by atoms with E-state index in [1.54, 1.807) is 25.3 Å². The van der Waals surface area contributed by atoms with E-state index in [1.165, 1.54) is 6.42 Å². The summed E-state index contributed by atoms with van der Waals surface area (Å²) < 4.78 is 10.9. The van der Waals surface area contributed by atoms with Gasteiger partial charge in [0.05, 0.1) is 18.2 Å². The Labute approximate surface area is 156 Å². The lowest BCUT2D eigenvalue weighted by Gasteiger charge is -2.58. The van der Waals surface area contributed by atoms with Crippen LogP contribution >= 0.6 is 15.9 Å². The van der Waals surface area contributed by atoms with Crippen LogP contribution in [0.15, 0.2) is 22.8 Å². The number of ether oxygens (including phenoxy) is 1. The van der Waals surface area contributed by atoms with Crippen molar-refractivity contribution in [1.29, 1.82) is 0 Å². The van der Waals surface area contributed by atoms with Gasteiger partial charge >= 0.3 is 5.97 Å². The van der Waals surface area contributed by atoms with Crippen molar-refractivity contribution in [2.75, 3.05) is 0 Å². The van der Waals surface area contributed by atoms with Crippen LogP contribution in [0.25, 0.3) is 0 Å². The molecule has 5 atom stereocenters. The highest BCUT2D eigenvalue weighted by molar-refractivity contribution is 9.10.